The lowest BCUT2D eigenvalue weighted by molar-refractivity contribution is -0.131. The van der Waals surface area contributed by atoms with Crippen LogP contribution in [0.3, 0.4) is 0 Å². The van der Waals surface area contributed by atoms with Gasteiger partial charge in [0.15, 0.2) is 0 Å². The van der Waals surface area contributed by atoms with Crippen LogP contribution >= 0.6 is 0 Å². The Hall–Kier alpha value is -3.20. The number of fused-ring (bicyclic) bond motifs is 1. The maximum absolute atomic E-state index is 13.5. The Morgan fingerprint density at radius 1 is 1.03 bits per heavy atom. The van der Waals surface area contributed by atoms with E-state index >= 15 is 0 Å². The van der Waals surface area contributed by atoms with E-state index in [4.69, 9.17) is 0 Å². The van der Waals surface area contributed by atoms with Crippen LogP contribution in [0.1, 0.15) is 34.7 Å². The van der Waals surface area contributed by atoms with Crippen LogP contribution in [0.5, 0.6) is 0 Å². The fourth-order valence-corrected chi connectivity index (χ4v) is 6.86. The van der Waals surface area contributed by atoms with E-state index in [1.807, 2.05) is 85.9 Å². The summed E-state index contributed by atoms with van der Waals surface area (Å²) in [4.78, 5) is 17.5. The number of hydrogen-bond acceptors (Lipinski definition) is 5. The van der Waals surface area contributed by atoms with E-state index in [-0.39, 0.29) is 36.8 Å². The first-order valence-corrected chi connectivity index (χ1v) is 14.3. The molecule has 1 amide bonds. The number of likely N-dealkylation sites (N-methyl/N-ethyl adjacent to an activating group) is 1. The predicted molar refractivity (Wildman–Crippen MR) is 144 cm³/mol. The van der Waals surface area contributed by atoms with Crippen molar-refractivity contribution in [2.45, 2.75) is 37.3 Å². The van der Waals surface area contributed by atoms with Crippen molar-refractivity contribution in [2.24, 2.45) is 0 Å². The van der Waals surface area contributed by atoms with Crippen molar-refractivity contribution in [3.05, 3.63) is 101 Å². The summed E-state index contributed by atoms with van der Waals surface area (Å²) < 4.78 is 27.3. The monoisotopic (exact) mass is 519 g/mol. The highest BCUT2D eigenvalue weighted by atomic mass is 32.2. The summed E-state index contributed by atoms with van der Waals surface area (Å²) >= 11 is 0. The van der Waals surface area contributed by atoms with E-state index in [1.165, 1.54) is 4.31 Å². The van der Waals surface area contributed by atoms with Gasteiger partial charge >= 0.3 is 0 Å². The third-order valence-electron chi connectivity index (χ3n) is 7.34. The average molecular weight is 520 g/mol. The van der Waals surface area contributed by atoms with Crippen LogP contribution < -0.4 is 4.31 Å². The molecule has 2 heterocycles. The highest BCUT2D eigenvalue weighted by Crippen LogP contribution is 2.36. The molecule has 37 heavy (non-hydrogen) atoms. The summed E-state index contributed by atoms with van der Waals surface area (Å²) in [5.74, 6) is -0.0647. The molecule has 0 saturated carbocycles. The minimum Gasteiger partial charge on any atom is -0.392 e. The SMILES string of the molecule is CN(C(=O)Cc1ccc2c(c1)N(Cc1ccccc1)S(=O)(=O)C2)[C@H](CN1CC[C@H](O)C1)c1ccccc1. The molecule has 0 aromatic heterocycles. The van der Waals surface area contributed by atoms with Crippen molar-refractivity contribution in [1.82, 2.24) is 9.80 Å². The summed E-state index contributed by atoms with van der Waals surface area (Å²) in [6, 6.07) is 24.9. The van der Waals surface area contributed by atoms with Gasteiger partial charge in [0.05, 0.1) is 36.6 Å². The highest BCUT2D eigenvalue weighted by Gasteiger charge is 2.34. The normalized spacial score (nSPS) is 19.5. The number of rotatable bonds is 8. The van der Waals surface area contributed by atoms with Crippen molar-refractivity contribution < 1.29 is 18.3 Å². The Balaban J connectivity index is 1.35. The van der Waals surface area contributed by atoms with Crippen LogP contribution in [0.15, 0.2) is 78.9 Å². The van der Waals surface area contributed by atoms with Gasteiger partial charge in [-0.1, -0.05) is 72.8 Å². The number of nitrogens with zero attached hydrogens (tertiary/aromatic N) is 3. The van der Waals surface area contributed by atoms with E-state index in [9.17, 15) is 18.3 Å². The second-order valence-electron chi connectivity index (χ2n) is 10.0. The maximum Gasteiger partial charge on any atom is 0.239 e. The van der Waals surface area contributed by atoms with Crippen LogP contribution in [0.25, 0.3) is 0 Å². The second kappa shape index (κ2) is 10.7. The zero-order valence-corrected chi connectivity index (χ0v) is 21.8. The number of sulfonamides is 1. The molecular formula is C29H33N3O4S. The number of carbonyl (C=O) groups excluding carboxylic acids is 1. The zero-order chi connectivity index (χ0) is 26.0. The number of likely N-dealkylation sites (tertiary alicyclic amines) is 1. The van der Waals surface area contributed by atoms with Gasteiger partial charge in [-0.15, -0.1) is 0 Å². The van der Waals surface area contributed by atoms with Crippen LogP contribution in [-0.2, 0) is 33.5 Å². The molecule has 3 aromatic carbocycles. The van der Waals surface area contributed by atoms with E-state index < -0.39 is 10.0 Å². The Morgan fingerprint density at radius 3 is 2.41 bits per heavy atom. The van der Waals surface area contributed by atoms with Crippen LogP contribution in [0, 0.1) is 0 Å². The molecule has 1 saturated heterocycles. The molecule has 8 heteroatoms. The third kappa shape index (κ3) is 5.71. The number of anilines is 1. The van der Waals surface area contributed by atoms with Gasteiger partial charge in [0.25, 0.3) is 0 Å². The van der Waals surface area contributed by atoms with Crippen molar-refractivity contribution in [3.63, 3.8) is 0 Å². The number of aliphatic hydroxyl groups is 1. The summed E-state index contributed by atoms with van der Waals surface area (Å²) in [6.07, 6.45) is 0.602. The highest BCUT2D eigenvalue weighted by molar-refractivity contribution is 7.92. The van der Waals surface area contributed by atoms with Crippen molar-refractivity contribution >= 4 is 21.6 Å². The standard InChI is InChI=1S/C29H33N3O4S/c1-30(28(24-10-6-3-7-11-24)20-31-15-14-26(33)19-31)29(34)17-23-12-13-25-21-37(35,36)32(27(25)16-23)18-22-8-4-2-5-9-22/h2-13,16,26,28,33H,14-15,17-21H2,1H3/t26-,28+/m0/s1. The van der Waals surface area contributed by atoms with Gasteiger partial charge in [-0.2, -0.15) is 0 Å². The Bertz CT molecular complexity index is 1350. The van der Waals surface area contributed by atoms with E-state index in [0.717, 1.165) is 35.2 Å². The summed E-state index contributed by atoms with van der Waals surface area (Å²) in [5.41, 5.74) is 4.17. The molecule has 2 aliphatic heterocycles. The number of β-amino-alcohol motifs (C(OH)–C–C–N with tert-alkyl or cyclic N) is 1. The lowest BCUT2D eigenvalue weighted by atomic mass is 10.0. The Morgan fingerprint density at radius 2 is 1.73 bits per heavy atom. The van der Waals surface area contributed by atoms with Crippen molar-refractivity contribution in [3.8, 4) is 0 Å². The molecule has 1 N–H and O–H groups in total. The first-order valence-electron chi connectivity index (χ1n) is 12.7. The molecule has 194 valence electrons. The minimum absolute atomic E-state index is 0.0267. The van der Waals surface area contributed by atoms with Gasteiger partial charge in [-0.05, 0) is 34.7 Å². The van der Waals surface area contributed by atoms with Gasteiger partial charge in [-0.25, -0.2) is 8.42 Å². The zero-order valence-electron chi connectivity index (χ0n) is 21.0. The number of hydrogen-bond donors (Lipinski definition) is 1. The van der Waals surface area contributed by atoms with Crippen molar-refractivity contribution in [1.29, 1.82) is 0 Å². The van der Waals surface area contributed by atoms with E-state index in [2.05, 4.69) is 4.90 Å². The number of benzene rings is 3. The molecule has 1 fully saturated rings. The largest absolute Gasteiger partial charge is 0.392 e. The first-order chi connectivity index (χ1) is 17.8. The Labute approximate surface area is 219 Å². The quantitative estimate of drug-likeness (QED) is 0.494. The smallest absolute Gasteiger partial charge is 0.239 e. The van der Waals surface area contributed by atoms with E-state index in [0.29, 0.717) is 18.8 Å². The molecule has 2 atom stereocenters. The summed E-state index contributed by atoms with van der Waals surface area (Å²) in [6.45, 7) is 2.34. The molecule has 3 aromatic rings. The molecule has 0 aliphatic carbocycles. The molecule has 0 bridgehead atoms. The van der Waals surface area contributed by atoms with Gasteiger partial charge in [-0.3, -0.25) is 14.0 Å². The lowest BCUT2D eigenvalue weighted by Gasteiger charge is -2.32. The molecule has 2 aliphatic rings. The first kappa shape index (κ1) is 25.4. The molecule has 0 spiro atoms. The maximum atomic E-state index is 13.5. The molecule has 7 nitrogen and oxygen atoms in total. The Kier molecular flexibility index (Phi) is 7.33. The van der Waals surface area contributed by atoms with Crippen molar-refractivity contribution in [2.75, 3.05) is 31.0 Å². The fraction of sp³-hybridized carbons (Fsp3) is 0.345. The van der Waals surface area contributed by atoms with Crippen LogP contribution in [-0.4, -0.2) is 62.0 Å². The van der Waals surface area contributed by atoms with Gasteiger partial charge in [0.2, 0.25) is 15.9 Å². The van der Waals surface area contributed by atoms with Gasteiger partial charge < -0.3 is 10.0 Å². The minimum atomic E-state index is -3.46. The summed E-state index contributed by atoms with van der Waals surface area (Å²) in [5, 5.41) is 9.98. The topological polar surface area (TPSA) is 81.2 Å². The second-order valence-corrected chi connectivity index (χ2v) is 11.9. The lowest BCUT2D eigenvalue weighted by Crippen LogP contribution is -2.39. The van der Waals surface area contributed by atoms with Gasteiger partial charge in [0, 0.05) is 26.7 Å². The number of amides is 1. The van der Waals surface area contributed by atoms with Gasteiger partial charge in [0.1, 0.15) is 0 Å². The van der Waals surface area contributed by atoms with Crippen LogP contribution in [0.4, 0.5) is 5.69 Å². The fourth-order valence-electron chi connectivity index (χ4n) is 5.25. The third-order valence-corrected chi connectivity index (χ3v) is 9.01. The van der Waals surface area contributed by atoms with E-state index in [1.54, 1.807) is 4.90 Å². The number of aliphatic hydroxyl groups excluding tert-OH is 1. The average Bonchev–Trinajstić information content (AvgIpc) is 3.42. The molecule has 5 rings (SSSR count). The van der Waals surface area contributed by atoms with Crippen LogP contribution in [0.2, 0.25) is 0 Å². The predicted octanol–water partition coefficient (Wildman–Crippen LogP) is 3.35. The molecule has 0 radical (unpaired) electrons. The molecular weight excluding hydrogens is 486 g/mol. The molecule has 0 unspecified atom stereocenters. The number of carbonyl (C=O) groups is 1. The summed E-state index contributed by atoms with van der Waals surface area (Å²) in [7, 11) is -1.64.